The van der Waals surface area contributed by atoms with Crippen molar-refractivity contribution >= 4 is 47.2 Å². The Bertz CT molecular complexity index is 676. The Morgan fingerprint density at radius 1 is 1.17 bits per heavy atom. The molecule has 2 saturated heterocycles. The number of hydrogen-bond donors (Lipinski definition) is 2. The van der Waals surface area contributed by atoms with Crippen molar-refractivity contribution in [3.8, 4) is 0 Å². The lowest BCUT2D eigenvalue weighted by molar-refractivity contribution is 0.206. The molecule has 1 aromatic rings. The fraction of sp³-hybridized carbons (Fsp3) is 0.696. The lowest BCUT2D eigenvalue weighted by Gasteiger charge is -2.32. The molecule has 1 unspecified atom stereocenters. The molecule has 2 heterocycles. The van der Waals surface area contributed by atoms with Crippen molar-refractivity contribution in [3.63, 3.8) is 0 Å². The number of piperidine rings is 1. The zero-order valence-electron chi connectivity index (χ0n) is 18.8. The zero-order chi connectivity index (χ0) is 20.6. The van der Waals surface area contributed by atoms with E-state index in [0.717, 1.165) is 37.2 Å². The van der Waals surface area contributed by atoms with E-state index >= 15 is 0 Å². The summed E-state index contributed by atoms with van der Waals surface area (Å²) < 4.78 is 0. The van der Waals surface area contributed by atoms with E-state index in [2.05, 4.69) is 53.3 Å². The van der Waals surface area contributed by atoms with Crippen LogP contribution < -0.4 is 15.5 Å². The second-order valence-corrected chi connectivity index (χ2v) is 8.95. The first-order chi connectivity index (χ1) is 14.1. The van der Waals surface area contributed by atoms with E-state index in [-0.39, 0.29) is 24.0 Å². The minimum absolute atomic E-state index is 0. The summed E-state index contributed by atoms with van der Waals surface area (Å²) in [6, 6.07) is 6.72. The molecule has 1 atom stereocenters. The molecule has 30 heavy (non-hydrogen) atoms. The summed E-state index contributed by atoms with van der Waals surface area (Å²) in [6.45, 7) is 14.1. The Hall–Kier alpha value is -0.730. The molecule has 0 saturated carbocycles. The van der Waals surface area contributed by atoms with Crippen LogP contribution in [0.2, 0.25) is 5.02 Å². The van der Waals surface area contributed by atoms with Gasteiger partial charge in [0, 0.05) is 56.0 Å². The van der Waals surface area contributed by atoms with Crippen molar-refractivity contribution in [2.24, 2.45) is 10.9 Å². The molecule has 5 nitrogen and oxygen atoms in total. The zero-order valence-corrected chi connectivity index (χ0v) is 21.9. The maximum atomic E-state index is 6.22. The maximum absolute atomic E-state index is 6.22. The van der Waals surface area contributed by atoms with Crippen LogP contribution in [0.3, 0.4) is 0 Å². The minimum Gasteiger partial charge on any atom is -0.371 e. The molecular weight excluding hydrogens is 509 g/mol. The van der Waals surface area contributed by atoms with Gasteiger partial charge in [-0.15, -0.1) is 24.0 Å². The lowest BCUT2D eigenvalue weighted by Crippen LogP contribution is -2.48. The second-order valence-electron chi connectivity index (χ2n) is 8.51. The molecule has 2 aliphatic rings. The molecule has 1 aromatic carbocycles. The smallest absolute Gasteiger partial charge is 0.191 e. The molecule has 0 bridgehead atoms. The highest BCUT2D eigenvalue weighted by Crippen LogP contribution is 2.29. The molecule has 2 fully saturated rings. The van der Waals surface area contributed by atoms with Gasteiger partial charge in [-0.05, 0) is 69.7 Å². The highest BCUT2D eigenvalue weighted by atomic mass is 127. The highest BCUT2D eigenvalue weighted by molar-refractivity contribution is 14.0. The third kappa shape index (κ3) is 7.45. The predicted molar refractivity (Wildman–Crippen MR) is 141 cm³/mol. The number of halogens is 2. The van der Waals surface area contributed by atoms with Gasteiger partial charge in [0.25, 0.3) is 0 Å². The monoisotopic (exact) mass is 547 g/mol. The van der Waals surface area contributed by atoms with Crippen LogP contribution in [0.4, 0.5) is 5.69 Å². The van der Waals surface area contributed by atoms with E-state index in [9.17, 15) is 0 Å². The number of hydrogen-bond acceptors (Lipinski definition) is 3. The van der Waals surface area contributed by atoms with Crippen LogP contribution in [0.15, 0.2) is 23.2 Å². The van der Waals surface area contributed by atoms with Gasteiger partial charge in [-0.25, -0.2) is 0 Å². The number of benzene rings is 1. The first kappa shape index (κ1) is 25.5. The van der Waals surface area contributed by atoms with Gasteiger partial charge in [0.2, 0.25) is 0 Å². The molecule has 0 aliphatic carbocycles. The normalized spacial score (nSPS) is 20.9. The maximum Gasteiger partial charge on any atom is 0.191 e. The van der Waals surface area contributed by atoms with Gasteiger partial charge in [-0.1, -0.05) is 24.6 Å². The van der Waals surface area contributed by atoms with Crippen LogP contribution in [-0.2, 0) is 0 Å². The van der Waals surface area contributed by atoms with E-state index in [1.54, 1.807) is 0 Å². The van der Waals surface area contributed by atoms with Crippen LogP contribution in [0.25, 0.3) is 0 Å². The number of anilines is 1. The predicted octanol–water partition coefficient (Wildman–Crippen LogP) is 4.52. The largest absolute Gasteiger partial charge is 0.371 e. The first-order valence-electron chi connectivity index (χ1n) is 11.4. The quantitative estimate of drug-likeness (QED) is 0.299. The molecular formula is C23H39ClIN5. The third-order valence-electron chi connectivity index (χ3n) is 6.12. The van der Waals surface area contributed by atoms with Crippen LogP contribution >= 0.6 is 35.6 Å². The molecule has 170 valence electrons. The average molecular weight is 548 g/mol. The van der Waals surface area contributed by atoms with Crippen LogP contribution in [-0.4, -0.2) is 62.7 Å². The molecule has 2 N–H and O–H groups in total. The number of guanidine groups is 1. The number of aliphatic imine (C=N–C) groups is 1. The van der Waals surface area contributed by atoms with Crippen molar-refractivity contribution in [1.82, 2.24) is 15.5 Å². The summed E-state index contributed by atoms with van der Waals surface area (Å²) in [5.74, 6) is 1.58. The van der Waals surface area contributed by atoms with Crippen molar-refractivity contribution in [2.75, 3.05) is 50.7 Å². The molecule has 7 heteroatoms. The number of likely N-dealkylation sites (tertiary alicyclic amines) is 1. The summed E-state index contributed by atoms with van der Waals surface area (Å²) in [5.41, 5.74) is 2.57. The van der Waals surface area contributed by atoms with Gasteiger partial charge in [0.05, 0.1) is 0 Å². The van der Waals surface area contributed by atoms with Crippen LogP contribution in [0, 0.1) is 12.8 Å². The fourth-order valence-electron chi connectivity index (χ4n) is 4.47. The number of nitrogens with zero attached hydrogens (tertiary/aromatic N) is 3. The average Bonchev–Trinajstić information content (AvgIpc) is 3.19. The van der Waals surface area contributed by atoms with Gasteiger partial charge in [0.1, 0.15) is 0 Å². The highest BCUT2D eigenvalue weighted by Gasteiger charge is 2.24. The van der Waals surface area contributed by atoms with Crippen molar-refractivity contribution < 1.29 is 0 Å². The molecule has 3 rings (SSSR count). The van der Waals surface area contributed by atoms with Gasteiger partial charge < -0.3 is 20.4 Å². The van der Waals surface area contributed by atoms with Gasteiger partial charge >= 0.3 is 0 Å². The topological polar surface area (TPSA) is 42.9 Å². The summed E-state index contributed by atoms with van der Waals surface area (Å²) in [7, 11) is 0. The molecule has 0 spiro atoms. The van der Waals surface area contributed by atoms with E-state index in [4.69, 9.17) is 16.6 Å². The van der Waals surface area contributed by atoms with Crippen molar-refractivity contribution in [3.05, 3.63) is 28.8 Å². The Kier molecular flexibility index (Phi) is 11.0. The van der Waals surface area contributed by atoms with E-state index < -0.39 is 0 Å². The van der Waals surface area contributed by atoms with Gasteiger partial charge in [0.15, 0.2) is 5.96 Å². The summed E-state index contributed by atoms with van der Waals surface area (Å²) in [4.78, 5) is 9.98. The van der Waals surface area contributed by atoms with E-state index in [0.29, 0.717) is 12.0 Å². The summed E-state index contributed by atoms with van der Waals surface area (Å²) in [5, 5.41) is 7.94. The summed E-state index contributed by atoms with van der Waals surface area (Å²) in [6.07, 6.45) is 4.84. The standard InChI is InChI=1S/C23H38ClN5.HI/c1-4-11-28-12-9-21(10-13-28)27-23(25-5-2)26-16-19-8-14-29(17-19)22-15-20(24)7-6-18(22)3;/h6-7,15,19,21H,4-5,8-14,16-17H2,1-3H3,(H2,25,26,27);1H. The van der Waals surface area contributed by atoms with Gasteiger partial charge in [-0.3, -0.25) is 4.99 Å². The lowest BCUT2D eigenvalue weighted by atomic mass is 10.1. The van der Waals surface area contributed by atoms with Crippen LogP contribution in [0.5, 0.6) is 0 Å². The number of nitrogens with one attached hydrogen (secondary N) is 2. The Balaban J connectivity index is 0.00000320. The molecule has 0 aromatic heterocycles. The van der Waals surface area contributed by atoms with Crippen LogP contribution in [0.1, 0.15) is 45.1 Å². The molecule has 0 radical (unpaired) electrons. The molecule has 2 aliphatic heterocycles. The Labute approximate surface area is 205 Å². The number of rotatable bonds is 7. The Morgan fingerprint density at radius 3 is 2.63 bits per heavy atom. The number of aryl methyl sites for hydroxylation is 1. The van der Waals surface area contributed by atoms with Crippen molar-refractivity contribution in [1.29, 1.82) is 0 Å². The Morgan fingerprint density at radius 2 is 1.93 bits per heavy atom. The SMILES string of the molecule is CCCN1CCC(NC(=NCC2CCN(c3cc(Cl)ccc3C)C2)NCC)CC1.I. The van der Waals surface area contributed by atoms with E-state index in [1.807, 2.05) is 6.07 Å². The van der Waals surface area contributed by atoms with E-state index in [1.165, 1.54) is 56.6 Å². The van der Waals surface area contributed by atoms with Gasteiger partial charge in [-0.2, -0.15) is 0 Å². The van der Waals surface area contributed by atoms with Crippen molar-refractivity contribution in [2.45, 2.75) is 52.5 Å². The fourth-order valence-corrected chi connectivity index (χ4v) is 4.64. The second kappa shape index (κ2) is 13.0. The first-order valence-corrected chi connectivity index (χ1v) is 11.7. The molecule has 0 amide bonds. The summed E-state index contributed by atoms with van der Waals surface area (Å²) >= 11 is 6.22. The minimum atomic E-state index is 0. The third-order valence-corrected chi connectivity index (χ3v) is 6.35.